The quantitative estimate of drug-likeness (QED) is 0.644. The van der Waals surface area contributed by atoms with Gasteiger partial charge in [0.1, 0.15) is 8.07 Å². The summed E-state index contributed by atoms with van der Waals surface area (Å²) >= 11 is 0. The summed E-state index contributed by atoms with van der Waals surface area (Å²) in [6.07, 6.45) is 1.86. The van der Waals surface area contributed by atoms with Crippen molar-refractivity contribution in [2.75, 3.05) is 7.11 Å². The van der Waals surface area contributed by atoms with Crippen LogP contribution in [0.2, 0.25) is 6.04 Å². The van der Waals surface area contributed by atoms with E-state index in [0.29, 0.717) is 0 Å². The second kappa shape index (κ2) is 6.32. The van der Waals surface area contributed by atoms with Crippen molar-refractivity contribution >= 4 is 24.4 Å². The highest BCUT2D eigenvalue weighted by Crippen LogP contribution is 2.27. The second-order valence-corrected chi connectivity index (χ2v) is 9.60. The van der Waals surface area contributed by atoms with Gasteiger partial charge in [0.15, 0.2) is 0 Å². The van der Waals surface area contributed by atoms with E-state index in [4.69, 9.17) is 4.74 Å². The zero-order valence-electron chi connectivity index (χ0n) is 12.8. The van der Waals surface area contributed by atoms with E-state index in [2.05, 4.69) is 54.2 Å². The van der Waals surface area contributed by atoms with Gasteiger partial charge in [-0.05, 0) is 22.8 Å². The maximum absolute atomic E-state index is 12.0. The van der Waals surface area contributed by atoms with E-state index < -0.39 is 8.07 Å². The molecule has 112 valence electrons. The molecule has 1 heterocycles. The van der Waals surface area contributed by atoms with Crippen molar-refractivity contribution < 1.29 is 9.53 Å². The maximum atomic E-state index is 12.0. The van der Waals surface area contributed by atoms with Crippen LogP contribution in [-0.2, 0) is 9.53 Å². The van der Waals surface area contributed by atoms with Crippen LogP contribution in [0.1, 0.15) is 12.8 Å². The molecular formula is C19H20O2Si. The largest absolute Gasteiger partial charge is 0.466 e. The Bertz CT molecular complexity index is 638. The van der Waals surface area contributed by atoms with Gasteiger partial charge in [-0.25, -0.2) is 4.79 Å². The number of ether oxygens (including phenoxy) is 1. The molecule has 0 unspecified atom stereocenters. The van der Waals surface area contributed by atoms with E-state index in [-0.39, 0.29) is 5.97 Å². The molecule has 2 nitrogen and oxygen atoms in total. The third kappa shape index (κ3) is 2.64. The van der Waals surface area contributed by atoms with Gasteiger partial charge in [0.25, 0.3) is 0 Å². The number of hydrogen-bond donors (Lipinski definition) is 0. The normalized spacial score (nSPS) is 16.7. The number of carbonyl (C=O) groups excluding carboxylic acids is 1. The number of rotatable bonds is 3. The van der Waals surface area contributed by atoms with Gasteiger partial charge in [-0.3, -0.25) is 0 Å². The average Bonchev–Trinajstić information content (AvgIpc) is 2.62. The van der Waals surface area contributed by atoms with Gasteiger partial charge in [-0.15, -0.1) is 0 Å². The third-order valence-corrected chi connectivity index (χ3v) is 9.17. The molecule has 2 aromatic carbocycles. The highest BCUT2D eigenvalue weighted by Gasteiger charge is 2.38. The molecule has 0 aliphatic carbocycles. The van der Waals surface area contributed by atoms with E-state index in [0.717, 1.165) is 24.5 Å². The van der Waals surface area contributed by atoms with Gasteiger partial charge in [-0.1, -0.05) is 72.8 Å². The molecule has 0 spiro atoms. The maximum Gasteiger partial charge on any atom is 0.333 e. The number of hydrogen-bond acceptors (Lipinski definition) is 2. The van der Waals surface area contributed by atoms with Crippen molar-refractivity contribution in [1.82, 2.24) is 0 Å². The van der Waals surface area contributed by atoms with Gasteiger partial charge in [0.2, 0.25) is 0 Å². The predicted molar refractivity (Wildman–Crippen MR) is 92.0 cm³/mol. The van der Waals surface area contributed by atoms with Crippen LogP contribution in [0.15, 0.2) is 71.9 Å². The molecule has 0 fully saturated rings. The average molecular weight is 308 g/mol. The minimum absolute atomic E-state index is 0.177. The molecule has 1 aliphatic heterocycles. The molecule has 22 heavy (non-hydrogen) atoms. The van der Waals surface area contributed by atoms with Gasteiger partial charge in [0.05, 0.1) is 7.11 Å². The first-order valence-corrected chi connectivity index (χ1v) is 9.96. The van der Waals surface area contributed by atoms with Crippen LogP contribution < -0.4 is 10.4 Å². The molecule has 1 aliphatic rings. The summed E-state index contributed by atoms with van der Waals surface area (Å²) in [4.78, 5) is 12.0. The Labute approximate surface area is 132 Å². The molecule has 0 radical (unpaired) electrons. The summed E-state index contributed by atoms with van der Waals surface area (Å²) < 4.78 is 4.97. The summed E-state index contributed by atoms with van der Waals surface area (Å²) in [5.74, 6) is -0.177. The van der Waals surface area contributed by atoms with E-state index in [1.54, 1.807) is 0 Å². The molecule has 3 heteroatoms. The lowest BCUT2D eigenvalue weighted by Crippen LogP contribution is -2.58. The van der Waals surface area contributed by atoms with Gasteiger partial charge in [-0.2, -0.15) is 0 Å². The van der Waals surface area contributed by atoms with E-state index >= 15 is 0 Å². The minimum atomic E-state index is -2.04. The Morgan fingerprint density at radius 1 is 0.955 bits per heavy atom. The Hall–Kier alpha value is -2.13. The molecule has 0 atom stereocenters. The van der Waals surface area contributed by atoms with Crippen LogP contribution in [0.3, 0.4) is 0 Å². The van der Waals surface area contributed by atoms with Crippen molar-refractivity contribution in [2.45, 2.75) is 18.9 Å². The topological polar surface area (TPSA) is 26.3 Å². The van der Waals surface area contributed by atoms with Crippen molar-refractivity contribution in [3.05, 3.63) is 71.9 Å². The lowest BCUT2D eigenvalue weighted by atomic mass is 10.2. The van der Waals surface area contributed by atoms with Crippen LogP contribution in [0.5, 0.6) is 0 Å². The highest BCUT2D eigenvalue weighted by molar-refractivity contribution is 7.06. The molecule has 3 rings (SSSR count). The van der Waals surface area contributed by atoms with Crippen molar-refractivity contribution in [3.63, 3.8) is 0 Å². The first-order valence-electron chi connectivity index (χ1n) is 7.67. The van der Waals surface area contributed by atoms with Crippen LogP contribution in [0.4, 0.5) is 0 Å². The Balaban J connectivity index is 2.18. The smallest absolute Gasteiger partial charge is 0.333 e. The highest BCUT2D eigenvalue weighted by atomic mass is 28.3. The number of benzene rings is 2. The van der Waals surface area contributed by atoms with Crippen LogP contribution in [0.25, 0.3) is 0 Å². The molecule has 0 saturated heterocycles. The molecule has 2 aromatic rings. The molecule has 0 amide bonds. The van der Waals surface area contributed by atoms with Crippen molar-refractivity contribution in [3.8, 4) is 0 Å². The molecule has 0 bridgehead atoms. The van der Waals surface area contributed by atoms with E-state index in [9.17, 15) is 4.79 Å². The fraction of sp³-hybridized carbons (Fsp3) is 0.211. The first kappa shape index (κ1) is 14.8. The number of carbonyl (C=O) groups is 1. The van der Waals surface area contributed by atoms with Crippen LogP contribution in [-0.4, -0.2) is 21.2 Å². The lowest BCUT2D eigenvalue weighted by molar-refractivity contribution is -0.136. The zero-order chi connectivity index (χ0) is 15.4. The summed E-state index contributed by atoms with van der Waals surface area (Å²) in [5.41, 5.74) is 3.10. The summed E-state index contributed by atoms with van der Waals surface area (Å²) in [5, 5.41) is 2.73. The van der Waals surface area contributed by atoms with Crippen molar-refractivity contribution in [2.24, 2.45) is 0 Å². The molecule has 0 N–H and O–H groups in total. The van der Waals surface area contributed by atoms with Crippen LogP contribution in [0, 0.1) is 0 Å². The Morgan fingerprint density at radius 2 is 1.50 bits per heavy atom. The van der Waals surface area contributed by atoms with Crippen molar-refractivity contribution in [1.29, 1.82) is 0 Å². The molecule has 0 saturated carbocycles. The fourth-order valence-corrected chi connectivity index (χ4v) is 7.94. The first-order chi connectivity index (χ1) is 10.8. The van der Waals surface area contributed by atoms with Gasteiger partial charge >= 0.3 is 5.97 Å². The van der Waals surface area contributed by atoms with Gasteiger partial charge in [0, 0.05) is 5.57 Å². The van der Waals surface area contributed by atoms with Crippen LogP contribution >= 0.6 is 0 Å². The summed E-state index contributed by atoms with van der Waals surface area (Å²) in [7, 11) is -0.576. The number of esters is 1. The molecular weight excluding hydrogens is 288 g/mol. The SMILES string of the molecule is COC(=O)C1=C[Si](c2ccccc2)(c2ccccc2)CCC1. The van der Waals surface area contributed by atoms with E-state index in [1.807, 2.05) is 12.1 Å². The monoisotopic (exact) mass is 308 g/mol. The number of methoxy groups -OCH3 is 1. The summed E-state index contributed by atoms with van der Waals surface area (Å²) in [6.45, 7) is 0. The fourth-order valence-electron chi connectivity index (χ4n) is 3.38. The third-order valence-electron chi connectivity index (χ3n) is 4.46. The Kier molecular flexibility index (Phi) is 4.25. The minimum Gasteiger partial charge on any atom is -0.466 e. The second-order valence-electron chi connectivity index (χ2n) is 5.72. The molecule has 0 aromatic heterocycles. The Morgan fingerprint density at radius 3 is 2.00 bits per heavy atom. The summed E-state index contributed by atoms with van der Waals surface area (Å²) in [6, 6.07) is 22.4. The van der Waals surface area contributed by atoms with Gasteiger partial charge < -0.3 is 4.74 Å². The van der Waals surface area contributed by atoms with E-state index in [1.165, 1.54) is 17.5 Å². The predicted octanol–water partition coefficient (Wildman–Crippen LogP) is 2.68. The lowest BCUT2D eigenvalue weighted by Gasteiger charge is -2.34. The zero-order valence-corrected chi connectivity index (χ0v) is 13.8. The standard InChI is InChI=1S/C19H20O2Si/c1-21-19(20)16-9-8-14-22(15-16,17-10-4-2-5-11-17)18-12-6-3-7-13-18/h2-7,10-13,15H,8-9,14H2,1H3.